The third-order valence-corrected chi connectivity index (χ3v) is 9.06. The molecule has 6 rings (SSSR count). The Bertz CT molecular complexity index is 1390. The van der Waals surface area contributed by atoms with E-state index in [0.717, 1.165) is 12.1 Å². The number of aromatic nitrogens is 1. The lowest BCUT2D eigenvalue weighted by atomic mass is 9.84. The monoisotopic (exact) mass is 564 g/mol. The number of methoxy groups -OCH3 is 1. The summed E-state index contributed by atoms with van der Waals surface area (Å²) >= 11 is 1.25. The highest BCUT2D eigenvalue weighted by Gasteiger charge is 2.85. The minimum atomic E-state index is -2.10. The van der Waals surface area contributed by atoms with Crippen LogP contribution in [0.2, 0.25) is 0 Å². The van der Waals surface area contributed by atoms with Crippen LogP contribution in [0.1, 0.15) is 42.3 Å². The van der Waals surface area contributed by atoms with Crippen LogP contribution in [-0.4, -0.2) is 69.8 Å². The predicted molar refractivity (Wildman–Crippen MR) is 131 cm³/mol. The van der Waals surface area contributed by atoms with E-state index in [0.29, 0.717) is 5.01 Å². The molecule has 1 aromatic heterocycles. The van der Waals surface area contributed by atoms with E-state index in [9.17, 15) is 23.5 Å². The van der Waals surface area contributed by atoms with Crippen LogP contribution in [0.25, 0.3) is 0 Å². The number of nitrogens with one attached hydrogen (secondary N) is 1. The Morgan fingerprint density at radius 2 is 1.92 bits per heavy atom. The Morgan fingerprint density at radius 1 is 1.21 bits per heavy atom. The molecule has 2 bridgehead atoms. The summed E-state index contributed by atoms with van der Waals surface area (Å²) in [6.45, 7) is -0.0958. The van der Waals surface area contributed by atoms with E-state index in [-0.39, 0.29) is 60.8 Å². The number of esters is 1. The van der Waals surface area contributed by atoms with Crippen molar-refractivity contribution in [3.05, 3.63) is 63.3 Å². The van der Waals surface area contributed by atoms with Crippen LogP contribution in [0, 0.1) is 17.6 Å². The number of halogens is 4. The first kappa shape index (κ1) is 25.9. The number of aliphatic imine (C=N–C) groups is 1. The molecule has 8 nitrogen and oxygen atoms in total. The molecule has 2 N–H and O–H groups in total. The van der Waals surface area contributed by atoms with Crippen molar-refractivity contribution in [3.63, 3.8) is 0 Å². The number of amidine groups is 1. The molecule has 3 unspecified atom stereocenters. The van der Waals surface area contributed by atoms with E-state index in [4.69, 9.17) is 4.74 Å². The molecular formula is C26H24F4N4O4S. The summed E-state index contributed by atoms with van der Waals surface area (Å²) in [5, 5.41) is 14.5. The summed E-state index contributed by atoms with van der Waals surface area (Å²) in [6, 6.07) is 0.295. The molecule has 0 radical (unpaired) electrons. The zero-order valence-corrected chi connectivity index (χ0v) is 21.5. The second kappa shape index (κ2) is 9.12. The number of ether oxygens (including phenoxy) is 1. The fourth-order valence-corrected chi connectivity index (χ4v) is 7.08. The maximum absolute atomic E-state index is 15.8. The Kier molecular flexibility index (Phi) is 6.06. The zero-order chi connectivity index (χ0) is 27.7. The molecule has 6 atom stereocenters. The summed E-state index contributed by atoms with van der Waals surface area (Å²) in [5.74, 6) is -4.13. The van der Waals surface area contributed by atoms with Crippen LogP contribution < -0.4 is 5.32 Å². The number of hydrogen-bond donors (Lipinski definition) is 2. The lowest BCUT2D eigenvalue weighted by molar-refractivity contribution is -0.139. The van der Waals surface area contributed by atoms with E-state index in [1.54, 1.807) is 16.5 Å². The SMILES string of the molecule is COC(=O)C1=C(CN2[C@H]3CC(CC(=O)O)C[C@@H]2C2(F)CC32F)NC(c2nccs2)=N[C@H]1c1ccc(F)c(F)c1. The normalized spacial score (nSPS) is 33.3. The number of nitrogens with zero attached hydrogens (tertiary/aromatic N) is 3. The predicted octanol–water partition coefficient (Wildman–Crippen LogP) is 3.70. The largest absolute Gasteiger partial charge is 0.481 e. The quantitative estimate of drug-likeness (QED) is 0.391. The van der Waals surface area contributed by atoms with E-state index in [1.807, 2.05) is 0 Å². The highest BCUT2D eigenvalue weighted by Crippen LogP contribution is 2.70. The maximum Gasteiger partial charge on any atom is 0.338 e. The molecule has 3 fully saturated rings. The second-order valence-electron chi connectivity index (χ2n) is 10.4. The third kappa shape index (κ3) is 4.05. The fraction of sp³-hybridized carbons (Fsp3) is 0.462. The van der Waals surface area contributed by atoms with Gasteiger partial charge in [-0.1, -0.05) is 6.07 Å². The van der Waals surface area contributed by atoms with E-state index >= 15 is 8.78 Å². The first-order valence-corrected chi connectivity index (χ1v) is 13.3. The summed E-state index contributed by atoms with van der Waals surface area (Å²) in [4.78, 5) is 34.9. The van der Waals surface area contributed by atoms with Gasteiger partial charge in [-0.05, 0) is 36.5 Å². The van der Waals surface area contributed by atoms with Gasteiger partial charge in [0.05, 0.1) is 12.7 Å². The standard InChI is InChI=1S/C26H24F4N4O4S/c1-38-24(37)20-16(10-34-17-6-12(8-19(35)36)7-18(34)26(30)11-25(17,26)29)32-22(23-31-4-5-39-23)33-21(20)13-2-3-14(27)15(28)9-13/h2-5,9,12,17-18,21H,6-8,10-11H2,1H3,(H,32,33)(H,35,36)/t12?,17-,18+,21-,25?,26?/m0/s1. The number of carboxylic acid groups (broad SMARTS) is 1. The number of rotatable bonds is 7. The van der Waals surface area contributed by atoms with Gasteiger partial charge in [-0.15, -0.1) is 11.3 Å². The van der Waals surface area contributed by atoms with Crippen LogP contribution in [0.5, 0.6) is 0 Å². The van der Waals surface area contributed by atoms with E-state index in [1.165, 1.54) is 24.5 Å². The van der Waals surface area contributed by atoms with Gasteiger partial charge < -0.3 is 15.2 Å². The maximum atomic E-state index is 15.8. The molecular weight excluding hydrogens is 540 g/mol. The molecule has 2 saturated heterocycles. The number of carbonyl (C=O) groups is 2. The molecule has 2 aromatic rings. The Morgan fingerprint density at radius 3 is 2.51 bits per heavy atom. The molecule has 4 aliphatic rings. The van der Waals surface area contributed by atoms with E-state index in [2.05, 4.69) is 15.3 Å². The first-order valence-electron chi connectivity index (χ1n) is 12.4. The highest BCUT2D eigenvalue weighted by molar-refractivity contribution is 7.11. The van der Waals surface area contributed by atoms with Crippen molar-refractivity contribution < 1.29 is 37.0 Å². The van der Waals surface area contributed by atoms with Crippen molar-refractivity contribution in [1.82, 2.24) is 15.2 Å². The van der Waals surface area contributed by atoms with Gasteiger partial charge in [-0.2, -0.15) is 0 Å². The molecule has 1 aliphatic carbocycles. The molecule has 0 spiro atoms. The highest BCUT2D eigenvalue weighted by atomic mass is 32.1. The van der Waals surface area contributed by atoms with E-state index < -0.39 is 53.0 Å². The van der Waals surface area contributed by atoms with Crippen LogP contribution in [0.4, 0.5) is 17.6 Å². The molecule has 1 saturated carbocycles. The lowest BCUT2D eigenvalue weighted by Crippen LogP contribution is -2.52. The average Bonchev–Trinajstić information content (AvgIpc) is 3.20. The topological polar surface area (TPSA) is 104 Å². The van der Waals surface area contributed by atoms with Crippen LogP contribution in [-0.2, 0) is 14.3 Å². The average molecular weight is 565 g/mol. The van der Waals surface area contributed by atoms with Gasteiger partial charge in [-0.3, -0.25) is 14.7 Å². The number of aliphatic carboxylic acids is 1. The molecule has 1 aromatic carbocycles. The van der Waals surface area contributed by atoms with Gasteiger partial charge in [0, 0.05) is 48.7 Å². The molecule has 3 aliphatic heterocycles. The van der Waals surface area contributed by atoms with Crippen molar-refractivity contribution in [1.29, 1.82) is 0 Å². The number of fused-ring (bicyclic) bond motifs is 5. The number of carboxylic acids is 1. The summed E-state index contributed by atoms with van der Waals surface area (Å²) in [7, 11) is 1.17. The van der Waals surface area contributed by atoms with Crippen LogP contribution >= 0.6 is 11.3 Å². The van der Waals surface area contributed by atoms with Crippen LogP contribution in [0.15, 0.2) is 46.0 Å². The number of benzene rings is 1. The molecule has 4 heterocycles. The van der Waals surface area contributed by atoms with Gasteiger partial charge >= 0.3 is 11.9 Å². The Labute approximate surface area is 224 Å². The van der Waals surface area contributed by atoms with Gasteiger partial charge in [-0.25, -0.2) is 27.3 Å². The summed E-state index contributed by atoms with van der Waals surface area (Å²) in [6.07, 6.45) is 1.44. The smallest absolute Gasteiger partial charge is 0.338 e. The number of thiazole rings is 1. The van der Waals surface area contributed by atoms with Gasteiger partial charge in [0.1, 0.15) is 6.04 Å². The molecule has 13 heteroatoms. The van der Waals surface area contributed by atoms with Crippen molar-refractivity contribution in [2.75, 3.05) is 13.7 Å². The van der Waals surface area contributed by atoms with Crippen LogP contribution in [0.3, 0.4) is 0 Å². The number of hydrogen-bond acceptors (Lipinski definition) is 8. The third-order valence-electron chi connectivity index (χ3n) is 8.28. The minimum Gasteiger partial charge on any atom is -0.481 e. The first-order chi connectivity index (χ1) is 18.6. The zero-order valence-electron chi connectivity index (χ0n) is 20.7. The molecule has 39 heavy (non-hydrogen) atoms. The van der Waals surface area contributed by atoms with Crippen molar-refractivity contribution in [2.45, 2.75) is 55.1 Å². The lowest BCUT2D eigenvalue weighted by Gasteiger charge is -2.42. The van der Waals surface area contributed by atoms with Crippen molar-refractivity contribution in [3.8, 4) is 0 Å². The molecule has 0 amide bonds. The summed E-state index contributed by atoms with van der Waals surface area (Å²) in [5.41, 5.74) is -3.78. The minimum absolute atomic E-state index is 0.00892. The van der Waals surface area contributed by atoms with Crippen molar-refractivity contribution >= 4 is 29.1 Å². The second-order valence-corrected chi connectivity index (χ2v) is 11.3. The molecule has 206 valence electrons. The van der Waals surface area contributed by atoms with Gasteiger partial charge in [0.2, 0.25) is 0 Å². The van der Waals surface area contributed by atoms with Gasteiger partial charge in [0.25, 0.3) is 0 Å². The number of piperidine rings is 2. The number of alkyl halides is 2. The van der Waals surface area contributed by atoms with Gasteiger partial charge in [0.15, 0.2) is 33.8 Å². The number of carbonyl (C=O) groups excluding carboxylic acids is 1. The van der Waals surface area contributed by atoms with Crippen molar-refractivity contribution in [2.24, 2.45) is 10.9 Å². The fourth-order valence-electron chi connectivity index (χ4n) is 6.49. The Hall–Kier alpha value is -3.32. The summed E-state index contributed by atoms with van der Waals surface area (Å²) < 4.78 is 64.6. The Balaban J connectivity index is 1.42.